The van der Waals surface area contributed by atoms with Crippen molar-refractivity contribution in [3.8, 4) is 6.07 Å². The highest BCUT2D eigenvalue weighted by molar-refractivity contribution is 5.94. The Balaban J connectivity index is 1.62. The standard InChI is InChI=1S/C18H24N4O2/c19-13-16-5-4-15(14-20-16)18(23)22-7-2-1-3-17(22)6-8-21-9-11-24-12-10-21/h4-5,14,17H,1-3,6-12H2/t17-/m0/s1. The molecule has 0 bridgehead atoms. The van der Waals surface area contributed by atoms with Crippen molar-refractivity contribution in [2.75, 3.05) is 39.4 Å². The predicted molar refractivity (Wildman–Crippen MR) is 89.5 cm³/mol. The van der Waals surface area contributed by atoms with Crippen LogP contribution in [0.15, 0.2) is 18.3 Å². The summed E-state index contributed by atoms with van der Waals surface area (Å²) in [6.07, 6.45) is 5.84. The SMILES string of the molecule is N#Cc1ccc(C(=O)N2CCCC[C@H]2CCN2CCOCC2)cn1. The van der Waals surface area contributed by atoms with Gasteiger partial charge in [-0.1, -0.05) is 0 Å². The summed E-state index contributed by atoms with van der Waals surface area (Å²) in [4.78, 5) is 21.3. The smallest absolute Gasteiger partial charge is 0.255 e. The quantitative estimate of drug-likeness (QED) is 0.841. The van der Waals surface area contributed by atoms with Crippen LogP contribution in [-0.4, -0.2) is 66.1 Å². The molecule has 24 heavy (non-hydrogen) atoms. The van der Waals surface area contributed by atoms with Gasteiger partial charge in [-0.2, -0.15) is 5.26 Å². The van der Waals surface area contributed by atoms with Crippen molar-refractivity contribution in [1.82, 2.24) is 14.8 Å². The third kappa shape index (κ3) is 4.11. The van der Waals surface area contributed by atoms with Crippen LogP contribution in [0.5, 0.6) is 0 Å². The van der Waals surface area contributed by atoms with E-state index in [1.807, 2.05) is 11.0 Å². The molecule has 0 saturated carbocycles. The van der Waals surface area contributed by atoms with Crippen molar-refractivity contribution in [1.29, 1.82) is 5.26 Å². The van der Waals surface area contributed by atoms with E-state index in [0.717, 1.165) is 58.7 Å². The fraction of sp³-hybridized carbons (Fsp3) is 0.611. The molecule has 3 rings (SSSR count). The Morgan fingerprint density at radius 2 is 2.12 bits per heavy atom. The lowest BCUT2D eigenvalue weighted by Crippen LogP contribution is -2.46. The first-order valence-electron chi connectivity index (χ1n) is 8.75. The third-order valence-electron chi connectivity index (χ3n) is 4.90. The molecule has 0 unspecified atom stereocenters. The van der Waals surface area contributed by atoms with E-state index in [1.54, 1.807) is 12.1 Å². The average Bonchev–Trinajstić information content (AvgIpc) is 2.67. The minimum absolute atomic E-state index is 0.0404. The highest BCUT2D eigenvalue weighted by Crippen LogP contribution is 2.22. The van der Waals surface area contributed by atoms with Gasteiger partial charge in [0.1, 0.15) is 11.8 Å². The summed E-state index contributed by atoms with van der Waals surface area (Å²) >= 11 is 0. The number of amides is 1. The Morgan fingerprint density at radius 3 is 2.83 bits per heavy atom. The first kappa shape index (κ1) is 16.9. The highest BCUT2D eigenvalue weighted by Gasteiger charge is 2.28. The van der Waals surface area contributed by atoms with Crippen molar-refractivity contribution in [2.24, 2.45) is 0 Å². The molecule has 2 aliphatic heterocycles. The summed E-state index contributed by atoms with van der Waals surface area (Å²) in [6.45, 7) is 5.42. The van der Waals surface area contributed by atoms with Crippen molar-refractivity contribution >= 4 is 5.91 Å². The van der Waals surface area contributed by atoms with Gasteiger partial charge in [0.05, 0.1) is 18.8 Å². The third-order valence-corrected chi connectivity index (χ3v) is 4.90. The number of carbonyl (C=O) groups excluding carboxylic acids is 1. The second-order valence-electron chi connectivity index (χ2n) is 6.43. The number of carbonyl (C=O) groups is 1. The fourth-order valence-corrected chi connectivity index (χ4v) is 3.48. The van der Waals surface area contributed by atoms with Crippen molar-refractivity contribution < 1.29 is 9.53 Å². The first-order valence-corrected chi connectivity index (χ1v) is 8.75. The molecule has 1 atom stereocenters. The van der Waals surface area contributed by atoms with E-state index >= 15 is 0 Å². The van der Waals surface area contributed by atoms with Crippen LogP contribution in [-0.2, 0) is 4.74 Å². The van der Waals surface area contributed by atoms with Crippen LogP contribution in [0.4, 0.5) is 0 Å². The molecular weight excluding hydrogens is 304 g/mol. The van der Waals surface area contributed by atoms with E-state index in [2.05, 4.69) is 9.88 Å². The predicted octanol–water partition coefficient (Wildman–Crippen LogP) is 1.67. The molecule has 6 nitrogen and oxygen atoms in total. The van der Waals surface area contributed by atoms with Gasteiger partial charge >= 0.3 is 0 Å². The number of ether oxygens (including phenoxy) is 1. The minimum atomic E-state index is 0.0404. The van der Waals surface area contributed by atoms with Crippen LogP contribution in [0.1, 0.15) is 41.7 Å². The number of likely N-dealkylation sites (tertiary alicyclic amines) is 1. The fourth-order valence-electron chi connectivity index (χ4n) is 3.48. The van der Waals surface area contributed by atoms with Crippen LogP contribution < -0.4 is 0 Å². The number of pyridine rings is 1. The highest BCUT2D eigenvalue weighted by atomic mass is 16.5. The monoisotopic (exact) mass is 328 g/mol. The molecule has 0 aliphatic carbocycles. The lowest BCUT2D eigenvalue weighted by Gasteiger charge is -2.37. The topological polar surface area (TPSA) is 69.5 Å². The van der Waals surface area contributed by atoms with E-state index in [1.165, 1.54) is 12.6 Å². The van der Waals surface area contributed by atoms with E-state index in [9.17, 15) is 4.79 Å². The van der Waals surface area contributed by atoms with E-state index in [0.29, 0.717) is 17.3 Å². The van der Waals surface area contributed by atoms with Crippen LogP contribution in [0.2, 0.25) is 0 Å². The maximum absolute atomic E-state index is 12.8. The van der Waals surface area contributed by atoms with Crippen molar-refractivity contribution in [3.05, 3.63) is 29.6 Å². The van der Waals surface area contributed by atoms with Gasteiger partial charge in [-0.15, -0.1) is 0 Å². The Labute approximate surface area is 143 Å². The van der Waals surface area contributed by atoms with E-state index in [4.69, 9.17) is 10.00 Å². The van der Waals surface area contributed by atoms with E-state index in [-0.39, 0.29) is 5.91 Å². The molecule has 0 spiro atoms. The van der Waals surface area contributed by atoms with Gasteiger partial charge in [-0.3, -0.25) is 9.69 Å². The molecule has 2 saturated heterocycles. The van der Waals surface area contributed by atoms with Crippen LogP contribution in [0, 0.1) is 11.3 Å². The molecule has 1 aromatic rings. The molecule has 0 N–H and O–H groups in total. The maximum atomic E-state index is 12.8. The zero-order valence-corrected chi connectivity index (χ0v) is 14.0. The number of nitriles is 1. The Morgan fingerprint density at radius 1 is 1.29 bits per heavy atom. The first-order chi connectivity index (χ1) is 11.8. The Hall–Kier alpha value is -1.97. The lowest BCUT2D eigenvalue weighted by molar-refractivity contribution is 0.0295. The number of aromatic nitrogens is 1. The normalized spacial score (nSPS) is 22.1. The number of morpholine rings is 1. The molecule has 0 radical (unpaired) electrons. The molecular formula is C18H24N4O2. The summed E-state index contributed by atoms with van der Waals surface area (Å²) < 4.78 is 5.39. The summed E-state index contributed by atoms with van der Waals surface area (Å²) in [5.74, 6) is 0.0404. The van der Waals surface area contributed by atoms with Gasteiger partial charge in [-0.25, -0.2) is 4.98 Å². The van der Waals surface area contributed by atoms with Crippen LogP contribution in [0.25, 0.3) is 0 Å². The Bertz CT molecular complexity index is 590. The van der Waals surface area contributed by atoms with Gasteiger partial charge in [0.2, 0.25) is 0 Å². The number of nitrogens with zero attached hydrogens (tertiary/aromatic N) is 4. The molecule has 128 valence electrons. The number of piperidine rings is 1. The average molecular weight is 328 g/mol. The summed E-state index contributed by atoms with van der Waals surface area (Å²) in [6, 6.07) is 5.60. The number of hydrogen-bond acceptors (Lipinski definition) is 5. The summed E-state index contributed by atoms with van der Waals surface area (Å²) in [7, 11) is 0. The zero-order chi connectivity index (χ0) is 16.8. The summed E-state index contributed by atoms with van der Waals surface area (Å²) in [5, 5.41) is 8.83. The largest absolute Gasteiger partial charge is 0.379 e. The number of hydrogen-bond donors (Lipinski definition) is 0. The minimum Gasteiger partial charge on any atom is -0.379 e. The lowest BCUT2D eigenvalue weighted by atomic mass is 9.98. The maximum Gasteiger partial charge on any atom is 0.255 e. The Kier molecular flexibility index (Phi) is 5.78. The molecule has 1 aromatic heterocycles. The van der Waals surface area contributed by atoms with Crippen molar-refractivity contribution in [2.45, 2.75) is 31.7 Å². The van der Waals surface area contributed by atoms with Gasteiger partial charge < -0.3 is 9.64 Å². The van der Waals surface area contributed by atoms with Gasteiger partial charge in [0.15, 0.2) is 0 Å². The second-order valence-corrected chi connectivity index (χ2v) is 6.43. The van der Waals surface area contributed by atoms with Crippen LogP contribution in [0.3, 0.4) is 0 Å². The van der Waals surface area contributed by atoms with Crippen LogP contribution >= 0.6 is 0 Å². The van der Waals surface area contributed by atoms with Crippen molar-refractivity contribution in [3.63, 3.8) is 0 Å². The molecule has 2 fully saturated rings. The van der Waals surface area contributed by atoms with Gasteiger partial charge in [-0.05, 0) is 37.8 Å². The molecule has 2 aliphatic rings. The van der Waals surface area contributed by atoms with E-state index < -0.39 is 0 Å². The van der Waals surface area contributed by atoms with Gasteiger partial charge in [0.25, 0.3) is 5.91 Å². The zero-order valence-electron chi connectivity index (χ0n) is 14.0. The molecule has 0 aromatic carbocycles. The molecule has 6 heteroatoms. The number of rotatable bonds is 4. The summed E-state index contributed by atoms with van der Waals surface area (Å²) in [5.41, 5.74) is 0.918. The van der Waals surface area contributed by atoms with Gasteiger partial charge in [0, 0.05) is 38.4 Å². The second kappa shape index (κ2) is 8.22. The molecule has 3 heterocycles. The molecule has 1 amide bonds.